The number of carbonyl (C=O) groups excluding carboxylic acids is 1. The van der Waals surface area contributed by atoms with E-state index in [-0.39, 0.29) is 12.5 Å². The van der Waals surface area contributed by atoms with Crippen LogP contribution in [0.1, 0.15) is 28.5 Å². The molecule has 0 radical (unpaired) electrons. The minimum Gasteiger partial charge on any atom is -0.399 e. The zero-order chi connectivity index (χ0) is 22.7. The largest absolute Gasteiger partial charge is 0.399 e. The Hall–Kier alpha value is -3.68. The van der Waals surface area contributed by atoms with Gasteiger partial charge in [0.2, 0.25) is 0 Å². The molecule has 0 atom stereocenters. The Kier molecular flexibility index (Phi) is 6.20. The van der Waals surface area contributed by atoms with E-state index in [9.17, 15) is 4.79 Å². The lowest BCUT2D eigenvalue weighted by atomic mass is 10.0. The van der Waals surface area contributed by atoms with E-state index >= 15 is 0 Å². The molecule has 1 aromatic carbocycles. The summed E-state index contributed by atoms with van der Waals surface area (Å²) in [5.41, 5.74) is 11.5. The number of carbonyl (C=O) groups is 1. The van der Waals surface area contributed by atoms with Gasteiger partial charge >= 0.3 is 0 Å². The van der Waals surface area contributed by atoms with Crippen LogP contribution in [0.3, 0.4) is 0 Å². The molecule has 0 saturated carbocycles. The number of halogens is 1. The van der Waals surface area contributed by atoms with Crippen molar-refractivity contribution in [1.29, 1.82) is 0 Å². The molecule has 3 aromatic rings. The Morgan fingerprint density at radius 2 is 2.03 bits per heavy atom. The number of hydrogen-bond donors (Lipinski definition) is 3. The van der Waals surface area contributed by atoms with E-state index in [1.165, 1.54) is 5.01 Å². The second-order valence-corrected chi connectivity index (χ2v) is 8.03. The summed E-state index contributed by atoms with van der Waals surface area (Å²) >= 11 is 6.06. The van der Waals surface area contributed by atoms with E-state index in [1.807, 2.05) is 43.3 Å². The molecule has 0 unspecified atom stereocenters. The van der Waals surface area contributed by atoms with Gasteiger partial charge in [-0.25, -0.2) is 5.84 Å². The number of benzene rings is 1. The summed E-state index contributed by atoms with van der Waals surface area (Å²) in [4.78, 5) is 21.4. The average molecular weight is 447 g/mol. The maximum Gasteiger partial charge on any atom is 0.251 e. The molecule has 3 heterocycles. The number of allylic oxidation sites excluding steroid dienone is 3. The highest BCUT2D eigenvalue weighted by Gasteiger charge is 2.12. The fourth-order valence-electron chi connectivity index (χ4n) is 3.43. The first kappa shape index (κ1) is 21.5. The number of hydrazine groups is 1. The number of pyridine rings is 2. The topological polar surface area (TPSA) is 110 Å². The van der Waals surface area contributed by atoms with Crippen molar-refractivity contribution in [1.82, 2.24) is 20.3 Å². The Balaban J connectivity index is 1.46. The van der Waals surface area contributed by atoms with Crippen molar-refractivity contribution >= 4 is 28.4 Å². The standard InChI is InChI=1S/C24H23ClN6O/c1-15-5-7-31(27)23(8-15)21(26)14-30-24(32)17-4-6-28-20(12-17)10-16-2-3-22-18(9-16)11-19(25)13-29-22/h2-9,11-13H,10,14,26-27H2,1H3,(H,30,32)/b23-21-. The fraction of sp³-hybridized carbons (Fsp3) is 0.125. The van der Waals surface area contributed by atoms with Gasteiger partial charge in [0.1, 0.15) is 0 Å². The quantitative estimate of drug-likeness (QED) is 0.518. The van der Waals surface area contributed by atoms with Gasteiger partial charge in [0.25, 0.3) is 5.91 Å². The van der Waals surface area contributed by atoms with Crippen LogP contribution in [0.2, 0.25) is 5.02 Å². The summed E-state index contributed by atoms with van der Waals surface area (Å²) in [7, 11) is 0. The van der Waals surface area contributed by atoms with Gasteiger partial charge in [0, 0.05) is 41.7 Å². The summed E-state index contributed by atoms with van der Waals surface area (Å²) in [6.45, 7) is 2.13. The predicted octanol–water partition coefficient (Wildman–Crippen LogP) is 3.42. The molecule has 1 amide bonds. The van der Waals surface area contributed by atoms with Crippen LogP contribution in [-0.2, 0) is 6.42 Å². The van der Waals surface area contributed by atoms with Crippen molar-refractivity contribution in [2.45, 2.75) is 13.3 Å². The van der Waals surface area contributed by atoms with Gasteiger partial charge in [-0.15, -0.1) is 0 Å². The van der Waals surface area contributed by atoms with E-state index in [2.05, 4.69) is 15.3 Å². The van der Waals surface area contributed by atoms with Gasteiger partial charge in [-0.3, -0.25) is 19.8 Å². The Bertz CT molecular complexity index is 1280. The van der Waals surface area contributed by atoms with E-state index in [1.54, 1.807) is 30.7 Å². The predicted molar refractivity (Wildman–Crippen MR) is 126 cm³/mol. The molecule has 0 bridgehead atoms. The summed E-state index contributed by atoms with van der Waals surface area (Å²) in [5, 5.41) is 5.83. The van der Waals surface area contributed by atoms with Crippen molar-refractivity contribution in [2.24, 2.45) is 11.6 Å². The lowest BCUT2D eigenvalue weighted by molar-refractivity contribution is 0.0956. The Morgan fingerprint density at radius 3 is 2.88 bits per heavy atom. The molecule has 4 rings (SSSR count). The third-order valence-corrected chi connectivity index (χ3v) is 5.29. The van der Waals surface area contributed by atoms with Gasteiger partial charge in [-0.2, -0.15) is 0 Å². The first-order valence-corrected chi connectivity index (χ1v) is 10.4. The molecular formula is C24H23ClN6O. The molecule has 0 spiro atoms. The lowest BCUT2D eigenvalue weighted by Crippen LogP contribution is -2.33. The third kappa shape index (κ3) is 4.96. The van der Waals surface area contributed by atoms with Crippen LogP contribution in [0.15, 0.2) is 84.1 Å². The zero-order valence-electron chi connectivity index (χ0n) is 17.5. The van der Waals surface area contributed by atoms with Crippen molar-refractivity contribution in [3.63, 3.8) is 0 Å². The molecule has 0 aliphatic carbocycles. The third-order valence-electron chi connectivity index (χ3n) is 5.09. The van der Waals surface area contributed by atoms with Gasteiger partial charge in [0.05, 0.1) is 28.5 Å². The number of nitrogens with zero attached hydrogens (tertiary/aromatic N) is 3. The number of aromatic nitrogens is 2. The SMILES string of the molecule is CC1=C/C(=C(/N)CNC(=O)c2ccnc(Cc3ccc4ncc(Cl)cc4c3)c2)N(N)C=C1. The van der Waals surface area contributed by atoms with Crippen LogP contribution < -0.4 is 16.9 Å². The number of nitrogens with one attached hydrogen (secondary N) is 1. The number of fused-ring (bicyclic) bond motifs is 1. The molecule has 5 N–H and O–H groups in total. The van der Waals surface area contributed by atoms with Crippen molar-refractivity contribution in [3.8, 4) is 0 Å². The van der Waals surface area contributed by atoms with Crippen LogP contribution in [-0.4, -0.2) is 27.4 Å². The van der Waals surface area contributed by atoms with Crippen molar-refractivity contribution < 1.29 is 4.79 Å². The number of nitrogens with two attached hydrogens (primary N) is 2. The first-order chi connectivity index (χ1) is 15.4. The van der Waals surface area contributed by atoms with Gasteiger partial charge in [0.15, 0.2) is 0 Å². The van der Waals surface area contributed by atoms with Crippen LogP contribution in [0.25, 0.3) is 10.9 Å². The van der Waals surface area contributed by atoms with E-state index in [0.717, 1.165) is 27.7 Å². The van der Waals surface area contributed by atoms with E-state index in [4.69, 9.17) is 23.2 Å². The van der Waals surface area contributed by atoms with Gasteiger partial charge in [-0.05, 0) is 60.5 Å². The molecule has 0 saturated heterocycles. The lowest BCUT2D eigenvalue weighted by Gasteiger charge is -2.21. The Morgan fingerprint density at radius 1 is 1.19 bits per heavy atom. The summed E-state index contributed by atoms with van der Waals surface area (Å²) in [5.74, 6) is 5.69. The first-order valence-electron chi connectivity index (χ1n) is 10.1. The average Bonchev–Trinajstić information content (AvgIpc) is 2.78. The van der Waals surface area contributed by atoms with Crippen LogP contribution >= 0.6 is 11.6 Å². The second-order valence-electron chi connectivity index (χ2n) is 7.60. The van der Waals surface area contributed by atoms with Crippen LogP contribution in [0, 0.1) is 0 Å². The molecule has 8 heteroatoms. The maximum atomic E-state index is 12.7. The van der Waals surface area contributed by atoms with E-state index in [0.29, 0.717) is 28.4 Å². The number of hydrogen-bond acceptors (Lipinski definition) is 6. The summed E-state index contributed by atoms with van der Waals surface area (Å²) in [6, 6.07) is 11.3. The minimum atomic E-state index is -0.234. The fourth-order valence-corrected chi connectivity index (χ4v) is 3.60. The van der Waals surface area contributed by atoms with Crippen molar-refractivity contribution in [2.75, 3.05) is 6.54 Å². The molecular weight excluding hydrogens is 424 g/mol. The van der Waals surface area contributed by atoms with E-state index < -0.39 is 0 Å². The highest BCUT2D eigenvalue weighted by Crippen LogP contribution is 2.20. The molecule has 0 fully saturated rings. The summed E-state index contributed by atoms with van der Waals surface area (Å²) < 4.78 is 0. The smallest absolute Gasteiger partial charge is 0.251 e. The molecule has 2 aromatic heterocycles. The monoisotopic (exact) mass is 446 g/mol. The Labute approximate surface area is 191 Å². The second kappa shape index (κ2) is 9.21. The zero-order valence-corrected chi connectivity index (χ0v) is 18.3. The van der Waals surface area contributed by atoms with Crippen molar-refractivity contribution in [3.05, 3.63) is 106 Å². The molecule has 7 nitrogen and oxygen atoms in total. The van der Waals surface area contributed by atoms with Crippen LogP contribution in [0.5, 0.6) is 0 Å². The van der Waals surface area contributed by atoms with Gasteiger partial charge < -0.3 is 11.1 Å². The van der Waals surface area contributed by atoms with Gasteiger partial charge in [-0.1, -0.05) is 17.7 Å². The molecule has 162 valence electrons. The molecule has 32 heavy (non-hydrogen) atoms. The summed E-state index contributed by atoms with van der Waals surface area (Å²) in [6.07, 6.45) is 9.32. The number of rotatable bonds is 5. The minimum absolute atomic E-state index is 0.176. The molecule has 1 aliphatic heterocycles. The molecule has 1 aliphatic rings. The highest BCUT2D eigenvalue weighted by molar-refractivity contribution is 6.31. The number of amides is 1. The highest BCUT2D eigenvalue weighted by atomic mass is 35.5. The van der Waals surface area contributed by atoms with Crippen LogP contribution in [0.4, 0.5) is 0 Å². The normalized spacial score (nSPS) is 15.0. The maximum absolute atomic E-state index is 12.7.